The van der Waals surface area contributed by atoms with Crippen molar-refractivity contribution in [3.63, 3.8) is 0 Å². The van der Waals surface area contributed by atoms with E-state index in [4.69, 9.17) is 25.8 Å². The van der Waals surface area contributed by atoms with Gasteiger partial charge in [-0.15, -0.1) is 11.3 Å². The molecule has 31 heavy (non-hydrogen) atoms. The van der Waals surface area contributed by atoms with Crippen LogP contribution in [0.3, 0.4) is 0 Å². The lowest BCUT2D eigenvalue weighted by atomic mass is 10.2. The van der Waals surface area contributed by atoms with Crippen molar-refractivity contribution in [2.45, 2.75) is 6.54 Å². The molecule has 0 fully saturated rings. The molecule has 0 bridgehead atoms. The normalized spacial score (nSPS) is 12.3. The first kappa shape index (κ1) is 21.1. The van der Waals surface area contributed by atoms with Crippen molar-refractivity contribution in [2.75, 3.05) is 24.7 Å². The van der Waals surface area contributed by atoms with Crippen molar-refractivity contribution in [3.8, 4) is 11.5 Å². The minimum Gasteiger partial charge on any atom is -0.486 e. The summed E-state index contributed by atoms with van der Waals surface area (Å²) in [6.07, 6.45) is 0. The third-order valence-corrected chi connectivity index (χ3v) is 5.61. The third-order valence-electron chi connectivity index (χ3n) is 4.51. The smallest absolute Gasteiger partial charge is 0.341 e. The van der Waals surface area contributed by atoms with E-state index in [9.17, 15) is 14.0 Å². The zero-order chi connectivity index (χ0) is 21.8. The van der Waals surface area contributed by atoms with Crippen LogP contribution < -0.4 is 14.4 Å². The quantitative estimate of drug-likeness (QED) is 0.498. The number of carbonyl (C=O) groups is 2. The molecule has 6 nitrogen and oxygen atoms in total. The van der Waals surface area contributed by atoms with Crippen LogP contribution in [0, 0.1) is 5.82 Å². The lowest BCUT2D eigenvalue weighted by Crippen LogP contribution is -2.34. The molecular weight excluding hydrogens is 445 g/mol. The maximum atomic E-state index is 14.0. The van der Waals surface area contributed by atoms with E-state index in [1.165, 1.54) is 28.4 Å². The van der Waals surface area contributed by atoms with Gasteiger partial charge in [-0.05, 0) is 41.8 Å². The van der Waals surface area contributed by atoms with E-state index in [-0.39, 0.29) is 17.1 Å². The van der Waals surface area contributed by atoms with Crippen LogP contribution in [0.4, 0.5) is 10.1 Å². The first-order chi connectivity index (χ1) is 15.0. The van der Waals surface area contributed by atoms with Gasteiger partial charge < -0.3 is 19.1 Å². The van der Waals surface area contributed by atoms with Crippen molar-refractivity contribution in [1.82, 2.24) is 0 Å². The molecule has 3 aromatic rings. The van der Waals surface area contributed by atoms with Gasteiger partial charge in [-0.25, -0.2) is 9.18 Å². The standard InChI is InChI=1S/C22H17ClFNO5S/c23-14-3-5-17(18(24)10-14)22(27)30-13-21(26)25(12-16-2-1-9-31-16)15-4-6-19-20(11-15)29-8-7-28-19/h1-6,9-11H,7-8,12-13H2. The molecule has 160 valence electrons. The van der Waals surface area contributed by atoms with Crippen LogP contribution in [-0.4, -0.2) is 31.7 Å². The summed E-state index contributed by atoms with van der Waals surface area (Å²) >= 11 is 7.20. The van der Waals surface area contributed by atoms with Gasteiger partial charge in [-0.1, -0.05) is 17.7 Å². The van der Waals surface area contributed by atoms with E-state index in [2.05, 4.69) is 0 Å². The number of anilines is 1. The van der Waals surface area contributed by atoms with Crippen LogP contribution in [0.5, 0.6) is 11.5 Å². The number of hydrogen-bond donors (Lipinski definition) is 0. The van der Waals surface area contributed by atoms with Crippen LogP contribution in [0.15, 0.2) is 53.9 Å². The highest BCUT2D eigenvalue weighted by molar-refractivity contribution is 7.09. The second-order valence-corrected chi connectivity index (χ2v) is 8.06. The fourth-order valence-electron chi connectivity index (χ4n) is 3.02. The molecule has 1 aliphatic heterocycles. The first-order valence-electron chi connectivity index (χ1n) is 9.36. The fraction of sp³-hybridized carbons (Fsp3) is 0.182. The van der Waals surface area contributed by atoms with E-state index in [1.807, 2.05) is 17.5 Å². The fourth-order valence-corrected chi connectivity index (χ4v) is 3.87. The van der Waals surface area contributed by atoms with Gasteiger partial charge in [0, 0.05) is 21.7 Å². The average Bonchev–Trinajstić information content (AvgIpc) is 3.28. The predicted molar refractivity (Wildman–Crippen MR) is 115 cm³/mol. The van der Waals surface area contributed by atoms with Gasteiger partial charge in [0.25, 0.3) is 5.91 Å². The molecule has 0 unspecified atom stereocenters. The molecule has 0 atom stereocenters. The number of hydrogen-bond acceptors (Lipinski definition) is 6. The Morgan fingerprint density at radius 3 is 2.65 bits per heavy atom. The molecule has 0 N–H and O–H groups in total. The number of rotatable bonds is 6. The SMILES string of the molecule is O=C(OCC(=O)N(Cc1cccs1)c1ccc2c(c1)OCCO2)c1ccc(Cl)cc1F. The minimum atomic E-state index is -0.944. The van der Waals surface area contributed by atoms with Crippen LogP contribution in [0.25, 0.3) is 0 Å². The number of carbonyl (C=O) groups excluding carboxylic acids is 2. The molecule has 1 aromatic heterocycles. The average molecular weight is 462 g/mol. The van der Waals surface area contributed by atoms with E-state index >= 15 is 0 Å². The van der Waals surface area contributed by atoms with E-state index in [0.29, 0.717) is 30.4 Å². The van der Waals surface area contributed by atoms with Gasteiger partial charge in [0.15, 0.2) is 18.1 Å². The minimum absolute atomic E-state index is 0.158. The van der Waals surface area contributed by atoms with Crippen molar-refractivity contribution in [2.24, 2.45) is 0 Å². The second-order valence-electron chi connectivity index (χ2n) is 6.59. The molecule has 0 radical (unpaired) electrons. The summed E-state index contributed by atoms with van der Waals surface area (Å²) in [6, 6.07) is 12.6. The molecule has 0 saturated carbocycles. The maximum absolute atomic E-state index is 14.0. The Labute approximate surface area is 186 Å². The maximum Gasteiger partial charge on any atom is 0.341 e. The number of fused-ring (bicyclic) bond motifs is 1. The Morgan fingerprint density at radius 2 is 1.90 bits per heavy atom. The summed E-state index contributed by atoms with van der Waals surface area (Å²) in [6.45, 7) is 0.602. The number of amides is 1. The van der Waals surface area contributed by atoms with Gasteiger partial charge >= 0.3 is 5.97 Å². The summed E-state index contributed by atoms with van der Waals surface area (Å²) in [7, 11) is 0. The van der Waals surface area contributed by atoms with Crippen molar-refractivity contribution in [3.05, 3.63) is 75.2 Å². The van der Waals surface area contributed by atoms with Crippen LogP contribution in [0.2, 0.25) is 5.02 Å². The summed E-state index contributed by atoms with van der Waals surface area (Å²) in [5.41, 5.74) is 0.276. The predicted octanol–water partition coefficient (Wildman–Crippen LogP) is 4.70. The van der Waals surface area contributed by atoms with Crippen molar-refractivity contribution >= 4 is 40.5 Å². The Balaban J connectivity index is 1.52. The Morgan fingerprint density at radius 1 is 1.10 bits per heavy atom. The molecule has 2 aromatic carbocycles. The molecule has 1 amide bonds. The summed E-state index contributed by atoms with van der Waals surface area (Å²) in [5.74, 6) is -1.09. The zero-order valence-corrected chi connectivity index (χ0v) is 17.7. The topological polar surface area (TPSA) is 65.1 Å². The Kier molecular flexibility index (Phi) is 6.39. The van der Waals surface area contributed by atoms with Gasteiger partial charge in [-0.2, -0.15) is 0 Å². The lowest BCUT2D eigenvalue weighted by Gasteiger charge is -2.25. The molecule has 2 heterocycles. The highest BCUT2D eigenvalue weighted by Crippen LogP contribution is 2.34. The van der Waals surface area contributed by atoms with Crippen LogP contribution in [0.1, 0.15) is 15.2 Å². The molecular formula is C22H17ClFNO5S. The van der Waals surface area contributed by atoms with Gasteiger partial charge in [0.05, 0.1) is 12.1 Å². The highest BCUT2D eigenvalue weighted by atomic mass is 35.5. The molecule has 0 spiro atoms. The molecule has 4 rings (SSSR count). The third kappa shape index (κ3) is 4.98. The van der Waals surface area contributed by atoms with Crippen LogP contribution >= 0.6 is 22.9 Å². The van der Waals surface area contributed by atoms with Gasteiger partial charge in [-0.3, -0.25) is 4.79 Å². The van der Waals surface area contributed by atoms with Gasteiger partial charge in [0.1, 0.15) is 19.0 Å². The first-order valence-corrected chi connectivity index (χ1v) is 10.6. The molecule has 0 saturated heterocycles. The van der Waals surface area contributed by atoms with E-state index in [1.54, 1.807) is 18.2 Å². The van der Waals surface area contributed by atoms with Crippen molar-refractivity contribution < 1.29 is 28.2 Å². The lowest BCUT2D eigenvalue weighted by molar-refractivity contribution is -0.121. The van der Waals surface area contributed by atoms with Gasteiger partial charge in [0.2, 0.25) is 0 Å². The Hall–Kier alpha value is -3.10. The molecule has 9 heteroatoms. The molecule has 0 aliphatic carbocycles. The second kappa shape index (κ2) is 9.36. The van der Waals surface area contributed by atoms with Crippen LogP contribution in [-0.2, 0) is 16.1 Å². The number of thiophene rings is 1. The van der Waals surface area contributed by atoms with E-state index < -0.39 is 24.3 Å². The number of benzene rings is 2. The zero-order valence-electron chi connectivity index (χ0n) is 16.2. The Bertz CT molecular complexity index is 1110. The van der Waals surface area contributed by atoms with E-state index in [0.717, 1.165) is 10.9 Å². The summed E-state index contributed by atoms with van der Waals surface area (Å²) in [5, 5.41) is 2.07. The molecule has 1 aliphatic rings. The monoisotopic (exact) mass is 461 g/mol. The number of nitrogens with zero attached hydrogens (tertiary/aromatic N) is 1. The summed E-state index contributed by atoms with van der Waals surface area (Å²) < 4.78 is 30.2. The largest absolute Gasteiger partial charge is 0.486 e. The number of esters is 1. The number of halogens is 2. The summed E-state index contributed by atoms with van der Waals surface area (Å²) in [4.78, 5) is 27.6. The highest BCUT2D eigenvalue weighted by Gasteiger charge is 2.22. The number of ether oxygens (including phenoxy) is 3. The van der Waals surface area contributed by atoms with Crippen molar-refractivity contribution in [1.29, 1.82) is 0 Å².